The molecule has 1 rings (SSSR count). The van der Waals surface area contributed by atoms with E-state index in [1.54, 1.807) is 21.3 Å². The average Bonchev–Trinajstić information content (AvgIpc) is 2.43. The monoisotopic (exact) mass is 253 g/mol. The molecule has 1 aromatic rings. The molecule has 18 heavy (non-hydrogen) atoms. The molecule has 102 valence electrons. The second-order valence-corrected chi connectivity index (χ2v) is 4.33. The Balaban J connectivity index is 3.28. The van der Waals surface area contributed by atoms with Crippen molar-refractivity contribution in [2.24, 2.45) is 11.7 Å². The molecule has 2 N–H and O–H groups in total. The Hall–Kier alpha value is -1.42. The first-order valence-corrected chi connectivity index (χ1v) is 6.15. The first-order valence-electron chi connectivity index (χ1n) is 6.15. The zero-order valence-corrected chi connectivity index (χ0v) is 11.8. The number of hydrogen-bond donors (Lipinski definition) is 1. The predicted octanol–water partition coefficient (Wildman–Crippen LogP) is 2.76. The number of rotatable bonds is 6. The molecule has 0 heterocycles. The van der Waals surface area contributed by atoms with Crippen LogP contribution in [-0.2, 0) is 0 Å². The Morgan fingerprint density at radius 3 is 2.11 bits per heavy atom. The molecule has 0 radical (unpaired) electrons. The van der Waals surface area contributed by atoms with Gasteiger partial charge in [0.2, 0.25) is 5.75 Å². The number of methoxy groups -OCH3 is 3. The second kappa shape index (κ2) is 6.50. The Labute approximate surface area is 109 Å². The molecule has 0 fully saturated rings. The number of benzene rings is 1. The van der Waals surface area contributed by atoms with Crippen molar-refractivity contribution < 1.29 is 14.2 Å². The third-order valence-corrected chi connectivity index (χ3v) is 3.35. The quantitative estimate of drug-likeness (QED) is 0.847. The van der Waals surface area contributed by atoms with Crippen molar-refractivity contribution in [1.82, 2.24) is 0 Å². The SMILES string of the molecule is CCC(C)C(N)c1ccc(OC)c(OC)c1OC. The van der Waals surface area contributed by atoms with Crippen molar-refractivity contribution in [3.05, 3.63) is 17.7 Å². The molecule has 2 unspecified atom stereocenters. The molecule has 1 aromatic carbocycles. The zero-order chi connectivity index (χ0) is 13.7. The van der Waals surface area contributed by atoms with E-state index < -0.39 is 0 Å². The van der Waals surface area contributed by atoms with Crippen LogP contribution in [0.25, 0.3) is 0 Å². The first kappa shape index (κ1) is 14.6. The molecule has 0 aliphatic heterocycles. The molecule has 4 nitrogen and oxygen atoms in total. The van der Waals surface area contributed by atoms with Gasteiger partial charge in [-0.05, 0) is 18.1 Å². The first-order chi connectivity index (χ1) is 8.60. The van der Waals surface area contributed by atoms with Crippen LogP contribution in [0.2, 0.25) is 0 Å². The van der Waals surface area contributed by atoms with Crippen LogP contribution in [0.15, 0.2) is 12.1 Å². The average molecular weight is 253 g/mol. The van der Waals surface area contributed by atoms with Gasteiger partial charge >= 0.3 is 0 Å². The summed E-state index contributed by atoms with van der Waals surface area (Å²) in [5, 5.41) is 0. The van der Waals surface area contributed by atoms with Crippen molar-refractivity contribution in [3.63, 3.8) is 0 Å². The van der Waals surface area contributed by atoms with Crippen LogP contribution in [-0.4, -0.2) is 21.3 Å². The molecule has 0 spiro atoms. The van der Waals surface area contributed by atoms with E-state index in [2.05, 4.69) is 13.8 Å². The van der Waals surface area contributed by atoms with Crippen LogP contribution < -0.4 is 19.9 Å². The fourth-order valence-electron chi connectivity index (χ4n) is 1.95. The molecule has 0 saturated carbocycles. The van der Waals surface area contributed by atoms with Crippen LogP contribution in [0, 0.1) is 5.92 Å². The van der Waals surface area contributed by atoms with Crippen LogP contribution in [0.5, 0.6) is 17.2 Å². The predicted molar refractivity (Wildman–Crippen MR) is 72.5 cm³/mol. The van der Waals surface area contributed by atoms with Gasteiger partial charge in [-0.1, -0.05) is 20.3 Å². The molecule has 4 heteroatoms. The largest absolute Gasteiger partial charge is 0.493 e. The second-order valence-electron chi connectivity index (χ2n) is 4.33. The van der Waals surface area contributed by atoms with E-state index in [9.17, 15) is 0 Å². The summed E-state index contributed by atoms with van der Waals surface area (Å²) in [4.78, 5) is 0. The Morgan fingerprint density at radius 1 is 1.06 bits per heavy atom. The molecule has 0 bridgehead atoms. The van der Waals surface area contributed by atoms with Crippen LogP contribution in [0.4, 0.5) is 0 Å². The minimum Gasteiger partial charge on any atom is -0.493 e. The summed E-state index contributed by atoms with van der Waals surface area (Å²) in [5.41, 5.74) is 7.21. The van der Waals surface area contributed by atoms with E-state index in [0.29, 0.717) is 23.2 Å². The van der Waals surface area contributed by atoms with E-state index in [-0.39, 0.29) is 6.04 Å². The lowest BCUT2D eigenvalue weighted by Crippen LogP contribution is -2.19. The zero-order valence-electron chi connectivity index (χ0n) is 11.8. The molecule has 0 amide bonds. The van der Waals surface area contributed by atoms with Crippen molar-refractivity contribution in [2.45, 2.75) is 26.3 Å². The summed E-state index contributed by atoms with van der Waals surface area (Å²) in [7, 11) is 4.81. The Kier molecular flexibility index (Phi) is 5.28. The summed E-state index contributed by atoms with van der Waals surface area (Å²) in [6, 6.07) is 3.72. The number of hydrogen-bond acceptors (Lipinski definition) is 4. The highest BCUT2D eigenvalue weighted by Gasteiger charge is 2.22. The maximum atomic E-state index is 6.26. The Bertz CT molecular complexity index is 393. The third kappa shape index (κ3) is 2.70. The molecular weight excluding hydrogens is 230 g/mol. The van der Waals surface area contributed by atoms with Crippen molar-refractivity contribution >= 4 is 0 Å². The summed E-state index contributed by atoms with van der Waals surface area (Å²) >= 11 is 0. The van der Waals surface area contributed by atoms with Gasteiger partial charge < -0.3 is 19.9 Å². The highest BCUT2D eigenvalue weighted by molar-refractivity contribution is 5.56. The summed E-state index contributed by atoms with van der Waals surface area (Å²) in [6.45, 7) is 4.25. The summed E-state index contributed by atoms with van der Waals surface area (Å²) in [5.74, 6) is 2.27. The lowest BCUT2D eigenvalue weighted by atomic mass is 9.92. The van der Waals surface area contributed by atoms with Crippen LogP contribution >= 0.6 is 0 Å². The molecule has 2 atom stereocenters. The van der Waals surface area contributed by atoms with Gasteiger partial charge in [-0.15, -0.1) is 0 Å². The van der Waals surface area contributed by atoms with Gasteiger partial charge in [-0.25, -0.2) is 0 Å². The molecular formula is C14H23NO3. The van der Waals surface area contributed by atoms with E-state index in [1.165, 1.54) is 0 Å². The standard InChI is InChI=1S/C14H23NO3/c1-6-9(2)12(15)10-7-8-11(16-3)14(18-5)13(10)17-4/h7-9,12H,6,15H2,1-5H3. The van der Waals surface area contributed by atoms with Gasteiger partial charge in [-0.2, -0.15) is 0 Å². The van der Waals surface area contributed by atoms with Crippen LogP contribution in [0.3, 0.4) is 0 Å². The van der Waals surface area contributed by atoms with Gasteiger partial charge in [0, 0.05) is 11.6 Å². The highest BCUT2D eigenvalue weighted by Crippen LogP contribution is 2.43. The maximum absolute atomic E-state index is 6.26. The normalized spacial score (nSPS) is 13.9. The van der Waals surface area contributed by atoms with Gasteiger partial charge in [0.15, 0.2) is 11.5 Å². The maximum Gasteiger partial charge on any atom is 0.203 e. The van der Waals surface area contributed by atoms with E-state index in [0.717, 1.165) is 12.0 Å². The molecule has 0 saturated heterocycles. The fraction of sp³-hybridized carbons (Fsp3) is 0.571. The van der Waals surface area contributed by atoms with Crippen LogP contribution in [0.1, 0.15) is 31.9 Å². The lowest BCUT2D eigenvalue weighted by Gasteiger charge is -2.23. The van der Waals surface area contributed by atoms with Gasteiger partial charge in [0.05, 0.1) is 21.3 Å². The number of ether oxygens (including phenoxy) is 3. The highest BCUT2D eigenvalue weighted by atomic mass is 16.5. The van der Waals surface area contributed by atoms with E-state index in [1.807, 2.05) is 12.1 Å². The minimum atomic E-state index is -0.0789. The molecule has 0 aliphatic carbocycles. The smallest absolute Gasteiger partial charge is 0.203 e. The third-order valence-electron chi connectivity index (χ3n) is 3.35. The lowest BCUT2D eigenvalue weighted by molar-refractivity contribution is 0.317. The topological polar surface area (TPSA) is 53.7 Å². The molecule has 0 aliphatic rings. The number of nitrogens with two attached hydrogens (primary N) is 1. The van der Waals surface area contributed by atoms with Gasteiger partial charge in [0.1, 0.15) is 0 Å². The summed E-state index contributed by atoms with van der Waals surface area (Å²) < 4.78 is 16.1. The van der Waals surface area contributed by atoms with Crippen molar-refractivity contribution in [1.29, 1.82) is 0 Å². The fourth-order valence-corrected chi connectivity index (χ4v) is 1.95. The van der Waals surface area contributed by atoms with Gasteiger partial charge in [-0.3, -0.25) is 0 Å². The van der Waals surface area contributed by atoms with E-state index >= 15 is 0 Å². The summed E-state index contributed by atoms with van der Waals surface area (Å²) in [6.07, 6.45) is 1.01. The van der Waals surface area contributed by atoms with Crippen molar-refractivity contribution in [2.75, 3.05) is 21.3 Å². The van der Waals surface area contributed by atoms with E-state index in [4.69, 9.17) is 19.9 Å². The van der Waals surface area contributed by atoms with Crippen molar-refractivity contribution in [3.8, 4) is 17.2 Å². The molecule has 0 aromatic heterocycles. The van der Waals surface area contributed by atoms with Gasteiger partial charge in [0.25, 0.3) is 0 Å². The minimum absolute atomic E-state index is 0.0789. The Morgan fingerprint density at radius 2 is 1.67 bits per heavy atom.